The molecule has 7 heteroatoms. The molecule has 0 fully saturated rings. The van der Waals surface area contributed by atoms with Crippen LogP contribution in [0.5, 0.6) is 5.75 Å². The summed E-state index contributed by atoms with van der Waals surface area (Å²) in [6, 6.07) is 9.96. The van der Waals surface area contributed by atoms with Crippen LogP contribution in [0.25, 0.3) is 10.9 Å². The molecule has 1 aliphatic carbocycles. The molecule has 1 heterocycles. The molecular weight excluding hydrogens is 431 g/mol. The van der Waals surface area contributed by atoms with Crippen LogP contribution in [0.1, 0.15) is 67.5 Å². The lowest BCUT2D eigenvalue weighted by Gasteiger charge is -2.22. The molecule has 4 nitrogen and oxygen atoms in total. The number of hydrogen-bond acceptors (Lipinski definition) is 2. The highest BCUT2D eigenvalue weighted by Gasteiger charge is 2.34. The van der Waals surface area contributed by atoms with Gasteiger partial charge in [0.1, 0.15) is 12.4 Å². The van der Waals surface area contributed by atoms with E-state index in [1.165, 1.54) is 6.07 Å². The summed E-state index contributed by atoms with van der Waals surface area (Å²) in [7, 11) is 0. The Morgan fingerprint density at radius 2 is 1.91 bits per heavy atom. The highest BCUT2D eigenvalue weighted by molar-refractivity contribution is 5.87. The molecular formula is C26H28F3NO3. The van der Waals surface area contributed by atoms with E-state index in [9.17, 15) is 18.0 Å². The van der Waals surface area contributed by atoms with E-state index < -0.39 is 17.7 Å². The number of halogens is 3. The first-order chi connectivity index (χ1) is 15.4. The topological polar surface area (TPSA) is 62.3 Å². The molecule has 2 N–H and O–H groups in total. The number of alkyl halides is 3. The fourth-order valence-corrected chi connectivity index (χ4v) is 4.70. The number of carboxylic acids is 1. The Kier molecular flexibility index (Phi) is 5.93. The van der Waals surface area contributed by atoms with Gasteiger partial charge >= 0.3 is 12.1 Å². The Morgan fingerprint density at radius 1 is 1.15 bits per heavy atom. The van der Waals surface area contributed by atoms with Crippen LogP contribution in [-0.4, -0.2) is 16.1 Å². The van der Waals surface area contributed by atoms with Gasteiger partial charge in [-0.2, -0.15) is 13.2 Å². The smallest absolute Gasteiger partial charge is 0.416 e. The first-order valence-electron chi connectivity index (χ1n) is 11.1. The number of aromatic amines is 1. The van der Waals surface area contributed by atoms with Gasteiger partial charge in [-0.25, -0.2) is 0 Å². The zero-order valence-corrected chi connectivity index (χ0v) is 19.0. The summed E-state index contributed by atoms with van der Waals surface area (Å²) < 4.78 is 46.8. The van der Waals surface area contributed by atoms with E-state index in [-0.39, 0.29) is 24.4 Å². The minimum absolute atomic E-state index is 0.0262. The average molecular weight is 460 g/mol. The van der Waals surface area contributed by atoms with E-state index in [0.717, 1.165) is 35.0 Å². The maximum absolute atomic E-state index is 13.7. The third-order valence-electron chi connectivity index (χ3n) is 6.09. The number of aromatic nitrogens is 1. The van der Waals surface area contributed by atoms with Gasteiger partial charge in [-0.15, -0.1) is 0 Å². The molecule has 0 amide bonds. The van der Waals surface area contributed by atoms with E-state index >= 15 is 0 Å². The van der Waals surface area contributed by atoms with Crippen LogP contribution in [-0.2, 0) is 30.4 Å². The minimum atomic E-state index is -4.42. The van der Waals surface area contributed by atoms with Crippen molar-refractivity contribution in [1.29, 1.82) is 0 Å². The molecule has 33 heavy (non-hydrogen) atoms. The molecule has 0 spiro atoms. The van der Waals surface area contributed by atoms with Gasteiger partial charge < -0.3 is 14.8 Å². The lowest BCUT2D eigenvalue weighted by Crippen LogP contribution is -2.16. The van der Waals surface area contributed by atoms with E-state index in [2.05, 4.69) is 4.98 Å². The SMILES string of the molecule is CC(C)(C)Cc1ccc(COc2ccc3[nH]c4c(c3c2)CCC4CC(=O)O)cc1C(F)(F)F. The highest BCUT2D eigenvalue weighted by Crippen LogP contribution is 2.40. The maximum Gasteiger partial charge on any atom is 0.416 e. The molecule has 4 rings (SSSR count). The second-order valence-electron chi connectivity index (χ2n) is 10.1. The van der Waals surface area contributed by atoms with E-state index in [1.54, 1.807) is 18.2 Å². The van der Waals surface area contributed by atoms with Crippen molar-refractivity contribution in [2.45, 2.75) is 65.2 Å². The molecule has 0 radical (unpaired) electrons. The van der Waals surface area contributed by atoms with Gasteiger partial charge in [0.05, 0.1) is 12.0 Å². The third kappa shape index (κ3) is 5.18. The van der Waals surface area contributed by atoms with Gasteiger partial charge in [0.2, 0.25) is 0 Å². The van der Waals surface area contributed by atoms with Crippen molar-refractivity contribution in [3.8, 4) is 5.75 Å². The standard InChI is InChI=1S/C26H28F3NO3/c1-25(2,3)13-17-5-4-15(10-21(17)26(27,28)29)14-33-18-7-9-22-20(12-18)19-8-6-16(11-23(31)32)24(19)30-22/h4-5,7,9-10,12,16,30H,6,8,11,13-14H2,1-3H3,(H,31,32). The number of fused-ring (bicyclic) bond motifs is 3. The van der Waals surface area contributed by atoms with Gasteiger partial charge in [0.25, 0.3) is 0 Å². The minimum Gasteiger partial charge on any atom is -0.489 e. The van der Waals surface area contributed by atoms with E-state index in [4.69, 9.17) is 9.84 Å². The van der Waals surface area contributed by atoms with E-state index in [0.29, 0.717) is 23.3 Å². The number of rotatable bonds is 6. The van der Waals surface area contributed by atoms with Crippen molar-refractivity contribution in [2.75, 3.05) is 0 Å². The number of aliphatic carboxylic acids is 1. The number of nitrogens with one attached hydrogen (secondary N) is 1. The van der Waals surface area contributed by atoms with Crippen LogP contribution in [0.2, 0.25) is 0 Å². The van der Waals surface area contributed by atoms with Gasteiger partial charge in [-0.05, 0) is 65.6 Å². The summed E-state index contributed by atoms with van der Waals surface area (Å²) in [5.74, 6) is -0.276. The van der Waals surface area contributed by atoms with Crippen LogP contribution >= 0.6 is 0 Å². The quantitative estimate of drug-likeness (QED) is 0.423. The lowest BCUT2D eigenvalue weighted by atomic mass is 9.85. The van der Waals surface area contributed by atoms with E-state index in [1.807, 2.05) is 32.9 Å². The number of hydrogen-bond donors (Lipinski definition) is 2. The molecule has 1 unspecified atom stereocenters. The van der Waals surface area contributed by atoms with Crippen LogP contribution in [0.15, 0.2) is 36.4 Å². The Hall–Kier alpha value is -2.96. The molecule has 2 aromatic carbocycles. The predicted molar refractivity (Wildman–Crippen MR) is 121 cm³/mol. The monoisotopic (exact) mass is 459 g/mol. The number of H-pyrrole nitrogens is 1. The fourth-order valence-electron chi connectivity index (χ4n) is 4.70. The molecule has 3 aromatic rings. The van der Waals surface area contributed by atoms with Crippen molar-refractivity contribution < 1.29 is 27.8 Å². The van der Waals surface area contributed by atoms with Crippen molar-refractivity contribution in [1.82, 2.24) is 4.98 Å². The van der Waals surface area contributed by atoms with Gasteiger partial charge in [0, 0.05) is 22.5 Å². The lowest BCUT2D eigenvalue weighted by molar-refractivity contribution is -0.139. The Balaban J connectivity index is 1.54. The summed E-state index contributed by atoms with van der Waals surface area (Å²) in [5.41, 5.74) is 2.87. The number of ether oxygens (including phenoxy) is 1. The Bertz CT molecular complexity index is 1190. The zero-order chi connectivity index (χ0) is 24.0. The van der Waals surface area contributed by atoms with Crippen LogP contribution in [0, 0.1) is 5.41 Å². The second-order valence-corrected chi connectivity index (χ2v) is 10.1. The van der Waals surface area contributed by atoms with Crippen LogP contribution in [0.3, 0.4) is 0 Å². The van der Waals surface area contributed by atoms with Crippen LogP contribution in [0.4, 0.5) is 13.2 Å². The van der Waals surface area contributed by atoms with Gasteiger partial charge in [-0.3, -0.25) is 4.79 Å². The summed E-state index contributed by atoms with van der Waals surface area (Å²) in [4.78, 5) is 14.5. The summed E-state index contributed by atoms with van der Waals surface area (Å²) in [6.45, 7) is 5.78. The van der Waals surface area contributed by atoms with Crippen LogP contribution < -0.4 is 4.74 Å². The average Bonchev–Trinajstić information content (AvgIpc) is 3.24. The third-order valence-corrected chi connectivity index (χ3v) is 6.09. The summed E-state index contributed by atoms with van der Waals surface area (Å²) >= 11 is 0. The molecule has 0 saturated carbocycles. The molecule has 1 aliphatic rings. The van der Waals surface area contributed by atoms with Crippen molar-refractivity contribution >= 4 is 16.9 Å². The normalized spacial score (nSPS) is 16.2. The molecule has 1 atom stereocenters. The molecule has 0 aliphatic heterocycles. The van der Waals surface area contributed by atoms with Gasteiger partial charge in [-0.1, -0.05) is 32.9 Å². The molecule has 0 bridgehead atoms. The highest BCUT2D eigenvalue weighted by atomic mass is 19.4. The Labute approximate surface area is 190 Å². The van der Waals surface area contributed by atoms with Crippen molar-refractivity contribution in [3.05, 3.63) is 64.3 Å². The fraction of sp³-hybridized carbons (Fsp3) is 0.423. The summed E-state index contributed by atoms with van der Waals surface area (Å²) in [6.07, 6.45) is -2.42. The maximum atomic E-state index is 13.7. The van der Waals surface area contributed by atoms with Crippen molar-refractivity contribution in [2.24, 2.45) is 5.41 Å². The number of benzene rings is 2. The summed E-state index contributed by atoms with van der Waals surface area (Å²) in [5, 5.41) is 10.1. The molecule has 0 saturated heterocycles. The Morgan fingerprint density at radius 3 is 2.58 bits per heavy atom. The largest absolute Gasteiger partial charge is 0.489 e. The predicted octanol–water partition coefficient (Wildman–Crippen LogP) is 6.86. The number of carbonyl (C=O) groups is 1. The zero-order valence-electron chi connectivity index (χ0n) is 19.0. The van der Waals surface area contributed by atoms with Gasteiger partial charge in [0.15, 0.2) is 0 Å². The number of carboxylic acid groups (broad SMARTS) is 1. The number of aryl methyl sites for hydroxylation is 1. The second kappa shape index (κ2) is 8.43. The molecule has 176 valence electrons. The first kappa shape index (κ1) is 23.2. The van der Waals surface area contributed by atoms with Crippen molar-refractivity contribution in [3.63, 3.8) is 0 Å². The molecule has 1 aromatic heterocycles. The first-order valence-corrected chi connectivity index (χ1v) is 11.1.